The number of nitrogens with one attached hydrogen (secondary N) is 3. The number of aliphatic hydroxyl groups excluding tert-OH is 1. The van der Waals surface area contributed by atoms with Crippen molar-refractivity contribution in [1.29, 1.82) is 0 Å². The number of rotatable bonds is 20. The van der Waals surface area contributed by atoms with Crippen LogP contribution in [0.2, 0.25) is 0 Å². The van der Waals surface area contributed by atoms with Gasteiger partial charge in [-0.15, -0.1) is 11.8 Å². The van der Waals surface area contributed by atoms with Crippen LogP contribution in [0.15, 0.2) is 64.5 Å². The molecule has 2 aromatic carbocycles. The summed E-state index contributed by atoms with van der Waals surface area (Å²) in [4.78, 5) is 104. The summed E-state index contributed by atoms with van der Waals surface area (Å²) in [6.07, 6.45) is 2.76. The number of carbonyl (C=O) groups is 7. The van der Waals surface area contributed by atoms with E-state index in [1.165, 1.54) is 16.7 Å². The third-order valence-corrected chi connectivity index (χ3v) is 12.4. The van der Waals surface area contributed by atoms with Crippen LogP contribution in [0.1, 0.15) is 44.9 Å². The number of nitrogens with zero attached hydrogens (tertiary/aromatic N) is 5. The average molecular weight is 895 g/mol. The molecular formula is C41H58N12O9S. The second-order valence-corrected chi connectivity index (χ2v) is 16.7. The molecule has 21 nitrogen and oxygen atoms in total. The number of piperidine rings is 1. The number of para-hydroxylation sites is 2. The van der Waals surface area contributed by atoms with Crippen LogP contribution in [0.25, 0.3) is 0 Å². The van der Waals surface area contributed by atoms with Crippen LogP contribution < -0.4 is 48.7 Å². The third-order valence-electron chi connectivity index (χ3n) is 11.3. The molecule has 2 aromatic rings. The van der Waals surface area contributed by atoms with Gasteiger partial charge in [-0.2, -0.15) is 0 Å². The van der Waals surface area contributed by atoms with Crippen LogP contribution in [0, 0.1) is 0 Å². The number of aliphatic imine (C=N–C) groups is 1. The molecule has 13 N–H and O–H groups in total. The number of aliphatic hydroxyl groups is 1. The summed E-state index contributed by atoms with van der Waals surface area (Å²) in [5.74, 6) is -4.78. The Hall–Kier alpha value is -5.97. The summed E-state index contributed by atoms with van der Waals surface area (Å²) in [6.45, 7) is -0.955. The summed E-state index contributed by atoms with van der Waals surface area (Å²) in [7, 11) is 0. The number of carboxylic acids is 1. The number of nitrogens with two attached hydrogens (primary N) is 4. The van der Waals surface area contributed by atoms with Crippen molar-refractivity contribution in [1.82, 2.24) is 25.8 Å². The lowest BCUT2D eigenvalue weighted by Crippen LogP contribution is -2.60. The van der Waals surface area contributed by atoms with E-state index in [1.807, 2.05) is 35.2 Å². The van der Waals surface area contributed by atoms with E-state index in [0.717, 1.165) is 4.90 Å². The van der Waals surface area contributed by atoms with E-state index in [-0.39, 0.29) is 69.1 Å². The van der Waals surface area contributed by atoms with Gasteiger partial charge in [0.25, 0.3) is 11.8 Å². The first kappa shape index (κ1) is 48.1. The molecule has 22 heteroatoms. The van der Waals surface area contributed by atoms with E-state index in [4.69, 9.17) is 22.9 Å². The number of aliphatic carboxylic acids is 1. The molecule has 0 radical (unpaired) electrons. The SMILES string of the molecule is NCCCC[C@H](N)C(=O)N[C@@H](CCCN=C(N)N)C(=O)N1CCC2(CC1)C(=O)N(CC(=O)N[C@@H](CO)C(=O)N[C@@H]1CSc3ccccc3N(CC(=O)O)C1=O)CN2c1ccccc1. The lowest BCUT2D eigenvalue weighted by molar-refractivity contribution is -0.142. The fourth-order valence-electron chi connectivity index (χ4n) is 7.95. The van der Waals surface area contributed by atoms with Gasteiger partial charge in [0.1, 0.15) is 36.8 Å². The van der Waals surface area contributed by atoms with E-state index >= 15 is 0 Å². The number of thioether (sulfide) groups is 1. The van der Waals surface area contributed by atoms with E-state index < -0.39 is 79.0 Å². The van der Waals surface area contributed by atoms with Crippen molar-refractivity contribution < 1.29 is 43.8 Å². The van der Waals surface area contributed by atoms with Gasteiger partial charge in [-0.1, -0.05) is 36.8 Å². The molecular weight excluding hydrogens is 837 g/mol. The number of guanidine groups is 1. The Bertz CT molecular complexity index is 2000. The fraction of sp³-hybridized carbons (Fsp3) is 0.512. The summed E-state index contributed by atoms with van der Waals surface area (Å²) < 4.78 is 0. The normalized spacial score (nSPS) is 18.5. The van der Waals surface area contributed by atoms with Gasteiger partial charge in [-0.05, 0) is 69.3 Å². The minimum atomic E-state index is -1.51. The minimum Gasteiger partial charge on any atom is -0.480 e. The molecule has 0 aliphatic carbocycles. The van der Waals surface area contributed by atoms with Crippen LogP contribution in [0.5, 0.6) is 0 Å². The van der Waals surface area contributed by atoms with E-state index in [0.29, 0.717) is 48.5 Å². The van der Waals surface area contributed by atoms with Gasteiger partial charge >= 0.3 is 5.97 Å². The quantitative estimate of drug-likeness (QED) is 0.0388. The summed E-state index contributed by atoms with van der Waals surface area (Å²) in [6, 6.07) is 11.4. The molecule has 3 aliphatic rings. The third kappa shape index (κ3) is 12.1. The number of likely N-dealkylation sites (tertiary alicyclic amines) is 1. The molecule has 63 heavy (non-hydrogen) atoms. The van der Waals surface area contributed by atoms with E-state index in [2.05, 4.69) is 20.9 Å². The summed E-state index contributed by atoms with van der Waals surface area (Å²) in [5, 5.41) is 27.6. The number of unbranched alkanes of at least 4 members (excludes halogenated alkanes) is 1. The van der Waals surface area contributed by atoms with Crippen molar-refractivity contribution >= 4 is 70.5 Å². The molecule has 0 aromatic heterocycles. The van der Waals surface area contributed by atoms with Crippen molar-refractivity contribution in [2.75, 3.05) is 68.1 Å². The van der Waals surface area contributed by atoms with Crippen molar-refractivity contribution in [2.45, 2.75) is 79.5 Å². The van der Waals surface area contributed by atoms with Gasteiger partial charge in [-0.3, -0.25) is 43.5 Å². The Morgan fingerprint density at radius 1 is 0.889 bits per heavy atom. The van der Waals surface area contributed by atoms with Gasteiger partial charge in [0.2, 0.25) is 23.6 Å². The maximum atomic E-state index is 14.5. The predicted octanol–water partition coefficient (Wildman–Crippen LogP) is -2.17. The molecule has 4 atom stereocenters. The molecule has 3 aliphatic heterocycles. The Morgan fingerprint density at radius 2 is 1.59 bits per heavy atom. The first-order valence-corrected chi connectivity index (χ1v) is 21.9. The minimum absolute atomic E-state index is 0.000506. The fourth-order valence-corrected chi connectivity index (χ4v) is 9.03. The summed E-state index contributed by atoms with van der Waals surface area (Å²) in [5.41, 5.74) is 22.6. The zero-order valence-electron chi connectivity index (χ0n) is 35.0. The zero-order chi connectivity index (χ0) is 45.7. The van der Waals surface area contributed by atoms with Crippen LogP contribution in [0.3, 0.4) is 0 Å². The molecule has 2 fully saturated rings. The van der Waals surface area contributed by atoms with Gasteiger partial charge < -0.3 is 63.8 Å². The zero-order valence-corrected chi connectivity index (χ0v) is 35.8. The molecule has 0 bridgehead atoms. The van der Waals surface area contributed by atoms with Crippen LogP contribution in [-0.2, 0) is 33.6 Å². The van der Waals surface area contributed by atoms with Crippen molar-refractivity contribution in [3.63, 3.8) is 0 Å². The van der Waals surface area contributed by atoms with Crippen LogP contribution >= 0.6 is 11.8 Å². The maximum absolute atomic E-state index is 14.5. The Morgan fingerprint density at radius 3 is 2.25 bits per heavy atom. The van der Waals surface area contributed by atoms with Crippen LogP contribution in [0.4, 0.5) is 11.4 Å². The van der Waals surface area contributed by atoms with Crippen molar-refractivity contribution in [3.05, 3.63) is 54.6 Å². The number of anilines is 2. The van der Waals surface area contributed by atoms with Crippen molar-refractivity contribution in [3.8, 4) is 0 Å². The lowest BCUT2D eigenvalue weighted by atomic mass is 9.85. The maximum Gasteiger partial charge on any atom is 0.323 e. The van der Waals surface area contributed by atoms with Crippen LogP contribution in [-0.4, -0.2) is 155 Å². The molecule has 6 amide bonds. The smallest absolute Gasteiger partial charge is 0.323 e. The molecule has 1 spiro atoms. The largest absolute Gasteiger partial charge is 0.480 e. The Labute approximate surface area is 369 Å². The molecule has 0 unspecified atom stereocenters. The number of fused-ring (bicyclic) bond motifs is 1. The van der Waals surface area contributed by atoms with Gasteiger partial charge in [0.05, 0.1) is 25.0 Å². The number of carbonyl (C=O) groups excluding carboxylic acids is 6. The lowest BCUT2D eigenvalue weighted by Gasteiger charge is -2.44. The highest BCUT2D eigenvalue weighted by molar-refractivity contribution is 7.99. The predicted molar refractivity (Wildman–Crippen MR) is 235 cm³/mol. The second kappa shape index (κ2) is 22.4. The van der Waals surface area contributed by atoms with Gasteiger partial charge in [0, 0.05) is 36.0 Å². The molecule has 3 heterocycles. The first-order chi connectivity index (χ1) is 30.2. The molecule has 0 saturated carbocycles. The number of hydrogen-bond acceptors (Lipinski definition) is 13. The monoisotopic (exact) mass is 894 g/mol. The first-order valence-electron chi connectivity index (χ1n) is 20.9. The standard InChI is InChI=1S/C41H58N12O9S/c42-17-7-6-11-27(43)35(58)48-28(12-8-18-46-40(44)45)37(60)50-19-15-41(16-20-50)39(62)51(25-53(41)26-9-2-1-3-10-26)21-33(55)47-29(23-54)36(59)49-30-24-63-32-14-5-4-13-31(32)52(38(30)61)22-34(56)57/h1-5,9-10,13-14,27-30,54H,6-8,11-12,15-25,42-43H2,(H,47,55)(H,48,58)(H,49,59)(H,56,57)(H4,44,45,46)/t27-,28-,29-,30+/m0/s1. The number of benzene rings is 2. The van der Waals surface area contributed by atoms with Gasteiger partial charge in [0.15, 0.2) is 5.96 Å². The Kier molecular flexibility index (Phi) is 17.1. The highest BCUT2D eigenvalue weighted by atomic mass is 32.2. The summed E-state index contributed by atoms with van der Waals surface area (Å²) >= 11 is 1.24. The molecule has 342 valence electrons. The van der Waals surface area contributed by atoms with E-state index in [1.54, 1.807) is 29.2 Å². The van der Waals surface area contributed by atoms with Crippen molar-refractivity contribution in [2.24, 2.45) is 27.9 Å². The second-order valence-electron chi connectivity index (χ2n) is 15.6. The Balaban J connectivity index is 1.25. The van der Waals surface area contributed by atoms with E-state index in [9.17, 15) is 43.8 Å². The topological polar surface area (TPSA) is 325 Å². The number of hydrogen-bond donors (Lipinski definition) is 9. The van der Waals surface area contributed by atoms with Gasteiger partial charge in [-0.25, -0.2) is 0 Å². The molecule has 2 saturated heterocycles. The highest BCUT2D eigenvalue weighted by Gasteiger charge is 2.54. The average Bonchev–Trinajstić information content (AvgIpc) is 3.45. The highest BCUT2D eigenvalue weighted by Crippen LogP contribution is 2.40. The number of carboxylic acid groups (broad SMARTS) is 1. The molecule has 5 rings (SSSR count). The number of amides is 6.